The number of alkyl halides is 3. The third-order valence-electron chi connectivity index (χ3n) is 7.95. The fourth-order valence-corrected chi connectivity index (χ4v) is 5.22. The maximum Gasteiger partial charge on any atom is 0.416 e. The van der Waals surface area contributed by atoms with Gasteiger partial charge in [0.25, 0.3) is 11.8 Å². The fraction of sp³-hybridized carbons (Fsp3) is 0.175. The Bertz CT molecular complexity index is 2050. The van der Waals surface area contributed by atoms with Gasteiger partial charge >= 0.3 is 18.1 Å². The molecule has 0 bridgehead atoms. The molecule has 0 aliphatic heterocycles. The molecule has 1 heterocycles. The number of carbonyl (C=O) groups is 4. The van der Waals surface area contributed by atoms with Crippen molar-refractivity contribution in [2.24, 2.45) is 0 Å². The van der Waals surface area contributed by atoms with Crippen molar-refractivity contribution < 1.29 is 41.8 Å². The number of aromatic nitrogens is 1. The highest BCUT2D eigenvalue weighted by atomic mass is 19.4. The Morgan fingerprint density at radius 2 is 1.48 bits per heavy atom. The van der Waals surface area contributed by atoms with Crippen molar-refractivity contribution in [1.82, 2.24) is 9.88 Å². The molecule has 1 N–H and O–H groups in total. The van der Waals surface area contributed by atoms with E-state index in [-0.39, 0.29) is 41.5 Å². The molecular weight excluding hydrogens is 675 g/mol. The lowest BCUT2D eigenvalue weighted by Gasteiger charge is -2.17. The van der Waals surface area contributed by atoms with Crippen LogP contribution in [0.1, 0.15) is 60.6 Å². The van der Waals surface area contributed by atoms with Gasteiger partial charge in [0.1, 0.15) is 12.4 Å². The second-order valence-electron chi connectivity index (χ2n) is 11.9. The molecule has 5 rings (SSSR count). The number of hydrogen-bond acceptors (Lipinski definition) is 7. The van der Waals surface area contributed by atoms with E-state index in [1.54, 1.807) is 81.1 Å². The summed E-state index contributed by atoms with van der Waals surface area (Å²) < 4.78 is 50.0. The van der Waals surface area contributed by atoms with Crippen LogP contribution in [0.15, 0.2) is 116 Å². The summed E-state index contributed by atoms with van der Waals surface area (Å²) in [5, 5.41) is 2.79. The summed E-state index contributed by atoms with van der Waals surface area (Å²) in [6.45, 7) is 0.101. The van der Waals surface area contributed by atoms with E-state index in [0.29, 0.717) is 29.5 Å². The number of anilines is 1. The van der Waals surface area contributed by atoms with Crippen LogP contribution in [0.2, 0.25) is 0 Å². The number of pyridine rings is 1. The predicted octanol–water partition coefficient (Wildman–Crippen LogP) is 8.01. The van der Waals surface area contributed by atoms with Crippen molar-refractivity contribution in [3.05, 3.63) is 149 Å². The van der Waals surface area contributed by atoms with Crippen LogP contribution >= 0.6 is 0 Å². The molecule has 12 heteroatoms. The summed E-state index contributed by atoms with van der Waals surface area (Å²) in [6.07, 6.45) is -0.373. The molecule has 0 atom stereocenters. The molecule has 0 fully saturated rings. The zero-order valence-corrected chi connectivity index (χ0v) is 28.3. The first-order valence-corrected chi connectivity index (χ1v) is 16.2. The van der Waals surface area contributed by atoms with Gasteiger partial charge in [-0.05, 0) is 102 Å². The van der Waals surface area contributed by atoms with Crippen LogP contribution in [0.5, 0.6) is 5.75 Å². The third-order valence-corrected chi connectivity index (χ3v) is 7.95. The van der Waals surface area contributed by atoms with E-state index in [1.165, 1.54) is 41.3 Å². The minimum atomic E-state index is -4.49. The molecule has 0 aliphatic rings. The number of nitrogens with one attached hydrogen (secondary N) is 1. The Labute approximate surface area is 298 Å². The summed E-state index contributed by atoms with van der Waals surface area (Å²) in [6, 6.07) is 25.5. The van der Waals surface area contributed by atoms with Gasteiger partial charge in [0.05, 0.1) is 22.4 Å². The first kappa shape index (κ1) is 37.0. The molecule has 266 valence electrons. The Morgan fingerprint density at radius 3 is 2.15 bits per heavy atom. The Morgan fingerprint density at radius 1 is 0.788 bits per heavy atom. The first-order chi connectivity index (χ1) is 24.9. The van der Waals surface area contributed by atoms with E-state index in [9.17, 15) is 32.3 Å². The Hall–Kier alpha value is -6.30. The van der Waals surface area contributed by atoms with Gasteiger partial charge in [-0.1, -0.05) is 36.4 Å². The van der Waals surface area contributed by atoms with Crippen molar-refractivity contribution in [2.45, 2.75) is 32.0 Å². The molecule has 52 heavy (non-hydrogen) atoms. The van der Waals surface area contributed by atoms with Crippen molar-refractivity contribution in [1.29, 1.82) is 0 Å². The number of hydrogen-bond donors (Lipinski definition) is 1. The van der Waals surface area contributed by atoms with Crippen LogP contribution in [0.3, 0.4) is 0 Å². The largest absolute Gasteiger partial charge is 0.457 e. The molecule has 0 saturated carbocycles. The van der Waals surface area contributed by atoms with Crippen LogP contribution in [-0.2, 0) is 28.7 Å². The summed E-state index contributed by atoms with van der Waals surface area (Å²) in [5.74, 6) is -1.64. The quantitative estimate of drug-likeness (QED) is 0.103. The van der Waals surface area contributed by atoms with Gasteiger partial charge in [0, 0.05) is 38.5 Å². The highest BCUT2D eigenvalue weighted by Gasteiger charge is 2.30. The molecule has 4 aromatic carbocycles. The number of benzene rings is 4. The lowest BCUT2D eigenvalue weighted by molar-refractivity contribution is -0.137. The number of carbonyl (C=O) groups excluding carboxylic acids is 4. The summed E-state index contributed by atoms with van der Waals surface area (Å²) >= 11 is 0. The van der Waals surface area contributed by atoms with Crippen molar-refractivity contribution >= 4 is 29.4 Å². The number of esters is 2. The molecule has 0 unspecified atom stereocenters. The number of halogens is 3. The van der Waals surface area contributed by atoms with Crippen LogP contribution in [0.4, 0.5) is 18.9 Å². The van der Waals surface area contributed by atoms with Gasteiger partial charge in [-0.2, -0.15) is 13.2 Å². The maximum absolute atomic E-state index is 13.5. The molecule has 0 spiro atoms. The fourth-order valence-electron chi connectivity index (χ4n) is 5.22. The Balaban J connectivity index is 1.19. The lowest BCUT2D eigenvalue weighted by Crippen LogP contribution is -2.24. The first-order valence-electron chi connectivity index (χ1n) is 16.2. The number of rotatable bonds is 12. The number of amides is 2. The van der Waals surface area contributed by atoms with E-state index < -0.39 is 29.6 Å². The van der Waals surface area contributed by atoms with E-state index in [4.69, 9.17) is 9.47 Å². The molecule has 0 saturated heterocycles. The highest BCUT2D eigenvalue weighted by Crippen LogP contribution is 2.32. The van der Waals surface area contributed by atoms with Gasteiger partial charge in [-0.25, -0.2) is 4.79 Å². The van der Waals surface area contributed by atoms with Crippen LogP contribution in [0, 0.1) is 0 Å². The van der Waals surface area contributed by atoms with E-state index in [1.807, 2.05) is 0 Å². The van der Waals surface area contributed by atoms with Crippen LogP contribution in [0.25, 0.3) is 11.1 Å². The number of ether oxygens (including phenoxy) is 2. The zero-order valence-electron chi connectivity index (χ0n) is 28.3. The van der Waals surface area contributed by atoms with E-state index in [0.717, 1.165) is 23.3 Å². The summed E-state index contributed by atoms with van der Waals surface area (Å²) in [5.41, 5.74) is 2.59. The van der Waals surface area contributed by atoms with Gasteiger partial charge in [-0.3, -0.25) is 19.4 Å². The molecule has 5 aromatic rings. The van der Waals surface area contributed by atoms with Crippen molar-refractivity contribution in [3.63, 3.8) is 0 Å². The van der Waals surface area contributed by atoms with Gasteiger partial charge in [0.2, 0.25) is 0 Å². The highest BCUT2D eigenvalue weighted by molar-refractivity contribution is 6.11. The molecular formula is C40H34F3N3O6. The van der Waals surface area contributed by atoms with E-state index in [2.05, 4.69) is 10.3 Å². The minimum absolute atomic E-state index is 0.0753. The smallest absolute Gasteiger partial charge is 0.416 e. The van der Waals surface area contributed by atoms with Crippen LogP contribution < -0.4 is 10.1 Å². The minimum Gasteiger partial charge on any atom is -0.457 e. The normalized spacial score (nSPS) is 11.0. The van der Waals surface area contributed by atoms with Crippen LogP contribution in [-0.4, -0.2) is 47.7 Å². The Kier molecular flexibility index (Phi) is 11.8. The monoisotopic (exact) mass is 709 g/mol. The average Bonchev–Trinajstić information content (AvgIpc) is 3.14. The van der Waals surface area contributed by atoms with Gasteiger partial charge in [-0.15, -0.1) is 0 Å². The van der Waals surface area contributed by atoms with Crippen molar-refractivity contribution in [3.8, 4) is 16.9 Å². The number of nitrogens with zero attached hydrogens (tertiary/aromatic N) is 2. The average molecular weight is 710 g/mol. The molecule has 2 amide bonds. The molecule has 0 radical (unpaired) electrons. The summed E-state index contributed by atoms with van der Waals surface area (Å²) in [7, 11) is 3.16. The number of aryl methyl sites for hydroxylation is 1. The molecule has 1 aromatic heterocycles. The van der Waals surface area contributed by atoms with Crippen molar-refractivity contribution in [2.75, 3.05) is 19.4 Å². The zero-order chi connectivity index (χ0) is 37.3. The topological polar surface area (TPSA) is 115 Å². The van der Waals surface area contributed by atoms with Gasteiger partial charge in [0.15, 0.2) is 0 Å². The standard InChI is InChI=1S/C40H34F3N3O6/c1-46(2)38(49)34-24-26(6-5-9-36(47)52-31-17-13-29(14-18-31)39(50)51-25-27-20-22-44-23-21-27)10-19-35(34)45-37(48)33-8-4-3-7-32(33)28-11-15-30(16-12-28)40(41,42)43/h3-4,7-8,10-24H,5-6,9,25H2,1-2H3,(H,45,48). The van der Waals surface area contributed by atoms with E-state index >= 15 is 0 Å². The second-order valence-corrected chi connectivity index (χ2v) is 11.9. The lowest BCUT2D eigenvalue weighted by atomic mass is 9.97. The maximum atomic E-state index is 13.5. The predicted molar refractivity (Wildman–Crippen MR) is 188 cm³/mol. The second kappa shape index (κ2) is 16.6. The summed E-state index contributed by atoms with van der Waals surface area (Å²) in [4.78, 5) is 56.9. The third kappa shape index (κ3) is 9.69. The van der Waals surface area contributed by atoms with Gasteiger partial charge < -0.3 is 19.7 Å². The molecule has 9 nitrogen and oxygen atoms in total. The SMILES string of the molecule is CN(C)C(=O)c1cc(CCCC(=O)Oc2ccc(C(=O)OCc3ccncc3)cc2)ccc1NC(=O)c1ccccc1-c1ccc(C(F)(F)F)cc1. The molecule has 0 aliphatic carbocycles.